The van der Waals surface area contributed by atoms with Crippen LogP contribution in [-0.2, 0) is 9.47 Å². The normalized spacial score (nSPS) is 31.0. The van der Waals surface area contributed by atoms with Gasteiger partial charge in [0, 0.05) is 12.1 Å². The second-order valence-electron chi connectivity index (χ2n) is 7.92. The second-order valence-corrected chi connectivity index (χ2v) is 7.92. The zero-order valence-corrected chi connectivity index (χ0v) is 17.8. The van der Waals surface area contributed by atoms with Gasteiger partial charge < -0.3 is 54.7 Å². The van der Waals surface area contributed by atoms with Gasteiger partial charge in [0.2, 0.25) is 5.78 Å². The maximum Gasteiger partial charge on any atom is 0.203 e. The van der Waals surface area contributed by atoms with E-state index in [9.17, 15) is 40.5 Å². The topological polar surface area (TPSA) is 196 Å². The minimum absolute atomic E-state index is 0.0481. The third-order valence-corrected chi connectivity index (χ3v) is 5.78. The Hall–Kier alpha value is -3.13. The predicted octanol–water partition coefficient (Wildman–Crippen LogP) is -0.687. The van der Waals surface area contributed by atoms with Gasteiger partial charge in [0.25, 0.3) is 0 Å². The molecule has 2 aliphatic rings. The van der Waals surface area contributed by atoms with Gasteiger partial charge >= 0.3 is 0 Å². The number of benzene rings is 2. The summed E-state index contributed by atoms with van der Waals surface area (Å²) in [4.78, 5) is 13.4. The minimum atomic E-state index is -1.80. The van der Waals surface area contributed by atoms with Crippen molar-refractivity contribution in [3.8, 4) is 28.7 Å². The van der Waals surface area contributed by atoms with E-state index in [1.165, 1.54) is 31.4 Å². The molecule has 0 unspecified atom stereocenters. The number of ketones is 1. The smallest absolute Gasteiger partial charge is 0.203 e. The summed E-state index contributed by atoms with van der Waals surface area (Å²) in [7, 11) is 1.35. The number of ether oxygens (including phenoxy) is 4. The Kier molecular flexibility index (Phi) is 6.53. The van der Waals surface area contributed by atoms with Crippen molar-refractivity contribution in [1.29, 1.82) is 0 Å². The lowest BCUT2D eigenvalue weighted by atomic mass is 9.92. The number of carbonyl (C=O) groups excluding carboxylic acids is 1. The van der Waals surface area contributed by atoms with E-state index in [1.54, 1.807) is 0 Å². The van der Waals surface area contributed by atoms with Gasteiger partial charge in [-0.15, -0.1) is 0 Å². The third-order valence-electron chi connectivity index (χ3n) is 5.78. The van der Waals surface area contributed by atoms with Gasteiger partial charge in [-0.1, -0.05) is 6.07 Å². The maximum absolute atomic E-state index is 13.4. The molecule has 0 aliphatic carbocycles. The van der Waals surface area contributed by atoms with Crippen LogP contribution in [0.25, 0.3) is 0 Å². The summed E-state index contributed by atoms with van der Waals surface area (Å²) in [6.45, 7) is -0.710. The quantitative estimate of drug-likeness (QED) is 0.267. The number of methoxy groups -OCH3 is 1. The van der Waals surface area contributed by atoms with Crippen molar-refractivity contribution in [3.05, 3.63) is 41.5 Å². The zero-order chi connectivity index (χ0) is 24.7. The second kappa shape index (κ2) is 9.25. The first kappa shape index (κ1) is 24.0. The highest BCUT2D eigenvalue weighted by Crippen LogP contribution is 2.44. The first-order valence-electron chi connectivity index (χ1n) is 10.3. The maximum atomic E-state index is 13.4. The van der Waals surface area contributed by atoms with E-state index in [4.69, 9.17) is 18.9 Å². The highest BCUT2D eigenvalue weighted by Gasteiger charge is 2.49. The summed E-state index contributed by atoms with van der Waals surface area (Å²) in [5.74, 6) is -2.01. The first-order valence-corrected chi connectivity index (χ1v) is 10.3. The van der Waals surface area contributed by atoms with Crippen molar-refractivity contribution < 1.29 is 59.5 Å². The molecule has 12 heteroatoms. The number of rotatable bonds is 5. The molecule has 0 amide bonds. The molecule has 2 heterocycles. The fraction of sp³-hybridized carbons (Fsp3) is 0.409. The molecule has 0 bridgehead atoms. The summed E-state index contributed by atoms with van der Waals surface area (Å²) in [5, 5.41) is 69.9. The van der Waals surface area contributed by atoms with Crippen LogP contribution in [0.5, 0.6) is 28.7 Å². The molecule has 0 radical (unpaired) electrons. The molecule has 0 saturated carbocycles. The van der Waals surface area contributed by atoms with Crippen molar-refractivity contribution in [2.24, 2.45) is 0 Å². The van der Waals surface area contributed by atoms with Crippen molar-refractivity contribution in [2.75, 3.05) is 13.7 Å². The van der Waals surface area contributed by atoms with E-state index in [0.29, 0.717) is 0 Å². The minimum Gasteiger partial charge on any atom is -0.507 e. The van der Waals surface area contributed by atoms with Crippen LogP contribution in [0, 0.1) is 0 Å². The largest absolute Gasteiger partial charge is 0.507 e. The van der Waals surface area contributed by atoms with E-state index in [2.05, 4.69) is 0 Å². The summed E-state index contributed by atoms with van der Waals surface area (Å²) in [5.41, 5.74) is -0.0548. The standard InChI is InChI=1S/C22H24O12/c1-31-9-5-12(26)15-13(6-9)32-20(8-2-3-10(24)11(25)4-8)21(17(15)28)34-22-19(30)18(29)16(27)14(7-23)33-22/h2-6,14,16,18-27,29-30H,7H2,1H3/t14-,16-,18-,19-,20+,21-,22-/m0/s1. The molecule has 2 aliphatic heterocycles. The van der Waals surface area contributed by atoms with E-state index < -0.39 is 72.6 Å². The van der Waals surface area contributed by atoms with E-state index in [0.717, 1.165) is 6.07 Å². The predicted molar refractivity (Wildman–Crippen MR) is 111 cm³/mol. The number of phenols is 3. The molecule has 7 N–H and O–H groups in total. The number of phenolic OH excluding ortho intramolecular Hbond substituents is 3. The molecular weight excluding hydrogens is 456 g/mol. The van der Waals surface area contributed by atoms with Crippen LogP contribution in [0.3, 0.4) is 0 Å². The molecule has 1 saturated heterocycles. The van der Waals surface area contributed by atoms with Crippen molar-refractivity contribution in [2.45, 2.75) is 42.9 Å². The van der Waals surface area contributed by atoms with E-state index in [1.807, 2.05) is 0 Å². The molecule has 184 valence electrons. The van der Waals surface area contributed by atoms with E-state index >= 15 is 0 Å². The van der Waals surface area contributed by atoms with Crippen LogP contribution < -0.4 is 9.47 Å². The molecule has 0 spiro atoms. The van der Waals surface area contributed by atoms with Gasteiger partial charge in [-0.2, -0.15) is 0 Å². The van der Waals surface area contributed by atoms with Gasteiger partial charge in [-0.25, -0.2) is 0 Å². The van der Waals surface area contributed by atoms with Crippen LogP contribution in [0.1, 0.15) is 22.0 Å². The fourth-order valence-corrected chi connectivity index (χ4v) is 3.93. The number of carbonyl (C=O) groups is 1. The highest BCUT2D eigenvalue weighted by atomic mass is 16.7. The Balaban J connectivity index is 1.75. The van der Waals surface area contributed by atoms with Crippen LogP contribution in [0.4, 0.5) is 0 Å². The lowest BCUT2D eigenvalue weighted by molar-refractivity contribution is -0.311. The average molecular weight is 480 g/mol. The number of aliphatic hydroxyl groups excluding tert-OH is 4. The summed E-state index contributed by atoms with van der Waals surface area (Å²) < 4.78 is 22.1. The molecule has 7 atom stereocenters. The molecule has 1 fully saturated rings. The van der Waals surface area contributed by atoms with Gasteiger partial charge in [0.05, 0.1) is 13.7 Å². The molecule has 0 aromatic heterocycles. The van der Waals surface area contributed by atoms with Crippen LogP contribution in [0.2, 0.25) is 0 Å². The Morgan fingerprint density at radius 3 is 2.32 bits per heavy atom. The van der Waals surface area contributed by atoms with Crippen molar-refractivity contribution in [3.63, 3.8) is 0 Å². The molecular formula is C22H24O12. The fourth-order valence-electron chi connectivity index (χ4n) is 3.93. The number of aliphatic hydroxyl groups is 4. The lowest BCUT2D eigenvalue weighted by Crippen LogP contribution is -2.60. The monoisotopic (exact) mass is 480 g/mol. The summed E-state index contributed by atoms with van der Waals surface area (Å²) >= 11 is 0. The molecule has 2 aromatic rings. The van der Waals surface area contributed by atoms with Crippen molar-refractivity contribution >= 4 is 5.78 Å². The number of aromatic hydroxyl groups is 3. The molecule has 2 aromatic carbocycles. The number of fused-ring (bicyclic) bond motifs is 1. The van der Waals surface area contributed by atoms with Crippen LogP contribution in [0.15, 0.2) is 30.3 Å². The van der Waals surface area contributed by atoms with Gasteiger partial charge in [0.15, 0.2) is 30.0 Å². The van der Waals surface area contributed by atoms with Crippen LogP contribution in [-0.4, -0.2) is 92.1 Å². The lowest BCUT2D eigenvalue weighted by Gasteiger charge is -2.42. The van der Waals surface area contributed by atoms with E-state index in [-0.39, 0.29) is 22.6 Å². The Labute approximate surface area is 192 Å². The molecule has 12 nitrogen and oxygen atoms in total. The SMILES string of the molecule is COc1cc(O)c2c(c1)O[C@H](c1ccc(O)c(O)c1)[C@@H](O[C@@H]1O[C@@H](CO)[C@H](O)[C@H](O)[C@@H]1O)C2=O. The van der Waals surface area contributed by atoms with Gasteiger partial charge in [-0.3, -0.25) is 4.79 Å². The Morgan fingerprint density at radius 2 is 1.68 bits per heavy atom. The Bertz CT molecular complexity index is 1070. The third kappa shape index (κ3) is 4.11. The van der Waals surface area contributed by atoms with Crippen LogP contribution >= 0.6 is 0 Å². The van der Waals surface area contributed by atoms with Gasteiger partial charge in [-0.05, 0) is 17.7 Å². The molecule has 34 heavy (non-hydrogen) atoms. The van der Waals surface area contributed by atoms with Crippen molar-refractivity contribution in [1.82, 2.24) is 0 Å². The summed E-state index contributed by atoms with van der Waals surface area (Å²) in [6, 6.07) is 6.23. The number of Topliss-reactive ketones (excluding diaryl/α,β-unsaturated/α-hetero) is 1. The average Bonchev–Trinajstić information content (AvgIpc) is 2.82. The Morgan fingerprint density at radius 1 is 0.941 bits per heavy atom. The number of hydrogen-bond donors (Lipinski definition) is 7. The first-order chi connectivity index (χ1) is 16.2. The van der Waals surface area contributed by atoms with Gasteiger partial charge in [0.1, 0.15) is 47.2 Å². The summed E-state index contributed by atoms with van der Waals surface area (Å²) in [6.07, 6.45) is -11.0. The number of hydrogen-bond acceptors (Lipinski definition) is 12. The zero-order valence-electron chi connectivity index (χ0n) is 17.8. The molecule has 4 rings (SSSR count). The highest BCUT2D eigenvalue weighted by molar-refractivity contribution is 6.05.